The maximum atomic E-state index is 6.25. The van der Waals surface area contributed by atoms with Gasteiger partial charge in [-0.15, -0.1) is 11.3 Å². The lowest BCUT2D eigenvalue weighted by molar-refractivity contribution is 0.214. The molecular formula is C17H23NOS. The first-order valence-electron chi connectivity index (χ1n) is 7.04. The zero-order valence-corrected chi connectivity index (χ0v) is 13.5. The van der Waals surface area contributed by atoms with Crippen molar-refractivity contribution in [2.24, 2.45) is 5.73 Å². The Morgan fingerprint density at radius 3 is 2.50 bits per heavy atom. The van der Waals surface area contributed by atoms with E-state index in [9.17, 15) is 0 Å². The summed E-state index contributed by atoms with van der Waals surface area (Å²) in [5.74, 6) is 1.40. The van der Waals surface area contributed by atoms with Gasteiger partial charge in [0.05, 0.1) is 0 Å². The Labute approximate surface area is 125 Å². The van der Waals surface area contributed by atoms with Crippen molar-refractivity contribution in [2.45, 2.75) is 39.7 Å². The van der Waals surface area contributed by atoms with Crippen LogP contribution in [0.5, 0.6) is 5.75 Å². The molecule has 0 amide bonds. The van der Waals surface area contributed by atoms with Gasteiger partial charge in [-0.25, -0.2) is 0 Å². The fourth-order valence-corrected chi connectivity index (χ4v) is 3.27. The van der Waals surface area contributed by atoms with Crippen LogP contribution in [0.15, 0.2) is 29.6 Å². The van der Waals surface area contributed by atoms with Crippen molar-refractivity contribution in [1.82, 2.24) is 0 Å². The van der Waals surface area contributed by atoms with Crippen molar-refractivity contribution in [2.75, 3.05) is 6.54 Å². The molecule has 2 aromatic rings. The van der Waals surface area contributed by atoms with Crippen LogP contribution in [0.4, 0.5) is 0 Å². The molecule has 1 aromatic heterocycles. The molecule has 20 heavy (non-hydrogen) atoms. The van der Waals surface area contributed by atoms with Crippen molar-refractivity contribution in [3.8, 4) is 5.75 Å². The molecular weight excluding hydrogens is 266 g/mol. The zero-order valence-electron chi connectivity index (χ0n) is 12.6. The van der Waals surface area contributed by atoms with Crippen LogP contribution < -0.4 is 10.5 Å². The minimum absolute atomic E-state index is 0.0608. The van der Waals surface area contributed by atoms with Gasteiger partial charge in [-0.2, -0.15) is 0 Å². The minimum Gasteiger partial charge on any atom is -0.483 e. The third kappa shape index (κ3) is 3.22. The Kier molecular flexibility index (Phi) is 4.84. The molecule has 1 unspecified atom stereocenters. The van der Waals surface area contributed by atoms with E-state index >= 15 is 0 Å². The maximum Gasteiger partial charge on any atom is 0.145 e. The fraction of sp³-hybridized carbons (Fsp3) is 0.412. The predicted molar refractivity (Wildman–Crippen MR) is 86.7 cm³/mol. The van der Waals surface area contributed by atoms with Crippen molar-refractivity contribution >= 4 is 11.3 Å². The number of aryl methyl sites for hydroxylation is 2. The van der Waals surface area contributed by atoms with Crippen molar-refractivity contribution in [1.29, 1.82) is 0 Å². The zero-order chi connectivity index (χ0) is 14.7. The van der Waals surface area contributed by atoms with Gasteiger partial charge in [0.2, 0.25) is 0 Å². The van der Waals surface area contributed by atoms with Crippen LogP contribution in [0, 0.1) is 13.8 Å². The second-order valence-electron chi connectivity index (χ2n) is 5.51. The molecule has 1 heterocycles. The summed E-state index contributed by atoms with van der Waals surface area (Å²) >= 11 is 1.71. The smallest absolute Gasteiger partial charge is 0.145 e. The largest absolute Gasteiger partial charge is 0.483 e. The van der Waals surface area contributed by atoms with E-state index in [-0.39, 0.29) is 6.10 Å². The van der Waals surface area contributed by atoms with Crippen molar-refractivity contribution in [3.63, 3.8) is 0 Å². The molecule has 0 bridgehead atoms. The number of benzene rings is 1. The number of rotatable bonds is 5. The standard InChI is InChI=1S/C17H23NOS/c1-11(2)14-6-5-12(3)9-15(14)19-16(10-18)17-13(4)7-8-20-17/h5-9,11,16H,10,18H2,1-4H3. The van der Waals surface area contributed by atoms with Crippen LogP contribution in [0.3, 0.4) is 0 Å². The van der Waals surface area contributed by atoms with E-state index in [1.807, 2.05) is 0 Å². The summed E-state index contributed by atoms with van der Waals surface area (Å²) in [4.78, 5) is 1.23. The van der Waals surface area contributed by atoms with E-state index in [1.54, 1.807) is 11.3 Å². The highest BCUT2D eigenvalue weighted by Gasteiger charge is 2.18. The van der Waals surface area contributed by atoms with Gasteiger partial charge in [0.1, 0.15) is 11.9 Å². The second kappa shape index (κ2) is 6.42. The summed E-state index contributed by atoms with van der Waals surface area (Å²) in [6, 6.07) is 8.52. The molecule has 0 fully saturated rings. The molecule has 1 atom stereocenters. The topological polar surface area (TPSA) is 35.2 Å². The summed E-state index contributed by atoms with van der Waals surface area (Å²) in [7, 11) is 0. The third-order valence-electron chi connectivity index (χ3n) is 3.47. The SMILES string of the molecule is Cc1ccc(C(C)C)c(OC(CN)c2sccc2C)c1. The summed E-state index contributed by atoms with van der Waals surface area (Å²) in [6.45, 7) is 9.06. The first-order valence-corrected chi connectivity index (χ1v) is 7.92. The molecule has 108 valence electrons. The van der Waals surface area contributed by atoms with E-state index in [4.69, 9.17) is 10.5 Å². The van der Waals surface area contributed by atoms with Gasteiger partial charge >= 0.3 is 0 Å². The average Bonchev–Trinajstić information content (AvgIpc) is 2.82. The first-order chi connectivity index (χ1) is 9.52. The summed E-state index contributed by atoms with van der Waals surface area (Å²) in [6.07, 6.45) is -0.0608. The van der Waals surface area contributed by atoms with Crippen LogP contribution in [-0.4, -0.2) is 6.54 Å². The van der Waals surface area contributed by atoms with Crippen LogP contribution >= 0.6 is 11.3 Å². The number of ether oxygens (including phenoxy) is 1. The van der Waals surface area contributed by atoms with Gasteiger partial charge in [-0.1, -0.05) is 26.0 Å². The van der Waals surface area contributed by atoms with Gasteiger partial charge in [0.15, 0.2) is 0 Å². The number of hydrogen-bond acceptors (Lipinski definition) is 3. The molecule has 3 heteroatoms. The molecule has 1 aromatic carbocycles. The Morgan fingerprint density at radius 1 is 1.20 bits per heavy atom. The van der Waals surface area contributed by atoms with Crippen LogP contribution in [-0.2, 0) is 0 Å². The highest BCUT2D eigenvalue weighted by atomic mass is 32.1. The summed E-state index contributed by atoms with van der Waals surface area (Å²) in [5.41, 5.74) is 9.63. The van der Waals surface area contributed by atoms with Gasteiger partial charge < -0.3 is 10.5 Å². The lowest BCUT2D eigenvalue weighted by Gasteiger charge is -2.21. The third-order valence-corrected chi connectivity index (χ3v) is 4.58. The Morgan fingerprint density at radius 2 is 1.95 bits per heavy atom. The van der Waals surface area contributed by atoms with Gasteiger partial charge in [0, 0.05) is 11.4 Å². The lowest BCUT2D eigenvalue weighted by Crippen LogP contribution is -2.19. The maximum absolute atomic E-state index is 6.25. The molecule has 2 rings (SSSR count). The Hall–Kier alpha value is -1.32. The highest BCUT2D eigenvalue weighted by molar-refractivity contribution is 7.10. The summed E-state index contributed by atoms with van der Waals surface area (Å²) in [5, 5.41) is 2.09. The Balaban J connectivity index is 2.32. The molecule has 0 aliphatic carbocycles. The highest BCUT2D eigenvalue weighted by Crippen LogP contribution is 2.33. The molecule has 0 radical (unpaired) electrons. The monoisotopic (exact) mass is 289 g/mol. The second-order valence-corrected chi connectivity index (χ2v) is 6.45. The molecule has 2 N–H and O–H groups in total. The normalized spacial score (nSPS) is 12.7. The van der Waals surface area contributed by atoms with Crippen LogP contribution in [0.25, 0.3) is 0 Å². The van der Waals surface area contributed by atoms with E-state index < -0.39 is 0 Å². The number of hydrogen-bond donors (Lipinski definition) is 1. The van der Waals surface area contributed by atoms with Crippen LogP contribution in [0.2, 0.25) is 0 Å². The molecule has 0 aliphatic rings. The first kappa shape index (κ1) is 15.1. The van der Waals surface area contributed by atoms with Crippen molar-refractivity contribution < 1.29 is 4.74 Å². The quantitative estimate of drug-likeness (QED) is 0.875. The van der Waals surface area contributed by atoms with Gasteiger partial charge in [-0.05, 0) is 54.0 Å². The molecule has 0 saturated carbocycles. The number of thiophene rings is 1. The number of nitrogens with two attached hydrogens (primary N) is 1. The lowest BCUT2D eigenvalue weighted by atomic mass is 10.0. The predicted octanol–water partition coefficient (Wildman–Crippen LogP) is 4.57. The Bertz CT molecular complexity index is 574. The fourth-order valence-electron chi connectivity index (χ4n) is 2.30. The van der Waals surface area contributed by atoms with Crippen molar-refractivity contribution in [3.05, 3.63) is 51.2 Å². The van der Waals surface area contributed by atoms with E-state index in [2.05, 4.69) is 57.3 Å². The van der Waals surface area contributed by atoms with Gasteiger partial charge in [-0.3, -0.25) is 0 Å². The molecule has 0 spiro atoms. The van der Waals surface area contributed by atoms with Gasteiger partial charge in [0.25, 0.3) is 0 Å². The average molecular weight is 289 g/mol. The molecule has 0 saturated heterocycles. The minimum atomic E-state index is -0.0608. The molecule has 2 nitrogen and oxygen atoms in total. The van der Waals surface area contributed by atoms with E-state index in [0.717, 1.165) is 5.75 Å². The summed E-state index contributed by atoms with van der Waals surface area (Å²) < 4.78 is 6.25. The van der Waals surface area contributed by atoms with E-state index in [1.165, 1.54) is 21.6 Å². The van der Waals surface area contributed by atoms with E-state index in [0.29, 0.717) is 12.5 Å². The molecule has 0 aliphatic heterocycles. The van der Waals surface area contributed by atoms with Crippen LogP contribution in [0.1, 0.15) is 47.4 Å².